The Morgan fingerprint density at radius 2 is 2.43 bits per heavy atom. The lowest BCUT2D eigenvalue weighted by Gasteiger charge is -2.13. The Hall–Kier alpha value is -0.800. The SMILES string of the molecule is O=C(O)CSc1nc2cc(I)ccc2n1CC1CCCO1. The number of imidazole rings is 1. The summed E-state index contributed by atoms with van der Waals surface area (Å²) >= 11 is 3.52. The molecule has 0 radical (unpaired) electrons. The van der Waals surface area contributed by atoms with Gasteiger partial charge >= 0.3 is 5.97 Å². The Kier molecular flexibility index (Phi) is 4.70. The van der Waals surface area contributed by atoms with E-state index < -0.39 is 5.97 Å². The third kappa shape index (κ3) is 3.51. The lowest BCUT2D eigenvalue weighted by molar-refractivity contribution is -0.133. The number of hydrogen-bond acceptors (Lipinski definition) is 4. The van der Waals surface area contributed by atoms with Crippen LogP contribution in [0.4, 0.5) is 0 Å². The molecule has 5 nitrogen and oxygen atoms in total. The number of carbonyl (C=O) groups is 1. The number of carboxylic acid groups (broad SMARTS) is 1. The van der Waals surface area contributed by atoms with E-state index in [9.17, 15) is 4.79 Å². The van der Waals surface area contributed by atoms with Crippen molar-refractivity contribution >= 4 is 51.4 Å². The van der Waals surface area contributed by atoms with Gasteiger partial charge in [-0.05, 0) is 53.6 Å². The normalized spacial score (nSPS) is 18.4. The van der Waals surface area contributed by atoms with Crippen LogP contribution in [0.1, 0.15) is 12.8 Å². The zero-order chi connectivity index (χ0) is 14.8. The number of hydrogen-bond donors (Lipinski definition) is 1. The number of halogens is 1. The molecule has 2 heterocycles. The topological polar surface area (TPSA) is 64.3 Å². The lowest BCUT2D eigenvalue weighted by atomic mass is 10.2. The first kappa shape index (κ1) is 15.1. The molecule has 1 aliphatic heterocycles. The number of thioether (sulfide) groups is 1. The molecule has 3 rings (SSSR count). The van der Waals surface area contributed by atoms with Crippen LogP contribution in [-0.2, 0) is 16.1 Å². The number of aromatic nitrogens is 2. The zero-order valence-corrected chi connectivity index (χ0v) is 14.3. The van der Waals surface area contributed by atoms with Gasteiger partial charge in [0.2, 0.25) is 0 Å². The third-order valence-corrected chi connectivity index (χ3v) is 5.04. The standard InChI is InChI=1S/C14H15IN2O3S/c15-9-3-4-12-11(6-9)16-14(21-8-13(18)19)17(12)7-10-2-1-5-20-10/h3-4,6,10H,1-2,5,7-8H2,(H,18,19). The second kappa shape index (κ2) is 6.53. The fraction of sp³-hybridized carbons (Fsp3) is 0.429. The van der Waals surface area contributed by atoms with E-state index in [2.05, 4.69) is 32.1 Å². The maximum atomic E-state index is 10.8. The maximum Gasteiger partial charge on any atom is 0.313 e. The van der Waals surface area contributed by atoms with Gasteiger partial charge in [0, 0.05) is 10.2 Å². The highest BCUT2D eigenvalue weighted by atomic mass is 127. The van der Waals surface area contributed by atoms with Crippen LogP contribution in [0.5, 0.6) is 0 Å². The first-order chi connectivity index (χ1) is 10.1. The molecule has 1 atom stereocenters. The molecule has 0 spiro atoms. The zero-order valence-electron chi connectivity index (χ0n) is 11.3. The summed E-state index contributed by atoms with van der Waals surface area (Å²) in [5.41, 5.74) is 1.95. The van der Waals surface area contributed by atoms with E-state index in [1.807, 2.05) is 18.2 Å². The van der Waals surface area contributed by atoms with Crippen LogP contribution in [-0.4, -0.2) is 39.1 Å². The second-order valence-corrected chi connectivity index (χ2v) is 7.14. The summed E-state index contributed by atoms with van der Waals surface area (Å²) in [5, 5.41) is 9.64. The summed E-state index contributed by atoms with van der Waals surface area (Å²) in [6, 6.07) is 6.11. The van der Waals surface area contributed by atoms with Crippen molar-refractivity contribution in [2.45, 2.75) is 30.6 Å². The van der Waals surface area contributed by atoms with Gasteiger partial charge in [0.1, 0.15) is 0 Å². The number of rotatable bonds is 5. The fourth-order valence-corrected chi connectivity index (χ4v) is 3.70. The van der Waals surface area contributed by atoms with Crippen molar-refractivity contribution in [3.8, 4) is 0 Å². The Labute approximate surface area is 140 Å². The molecular formula is C14H15IN2O3S. The van der Waals surface area contributed by atoms with Crippen LogP contribution >= 0.6 is 34.4 Å². The summed E-state index contributed by atoms with van der Waals surface area (Å²) in [7, 11) is 0. The first-order valence-corrected chi connectivity index (χ1v) is 8.82. The fourth-order valence-electron chi connectivity index (χ4n) is 2.49. The molecule has 1 fully saturated rings. The van der Waals surface area contributed by atoms with E-state index in [0.717, 1.165) is 45.8 Å². The maximum absolute atomic E-state index is 10.8. The van der Waals surface area contributed by atoms with E-state index in [0.29, 0.717) is 0 Å². The second-order valence-electron chi connectivity index (χ2n) is 4.96. The smallest absolute Gasteiger partial charge is 0.313 e. The van der Waals surface area contributed by atoms with Crippen LogP contribution in [0.25, 0.3) is 11.0 Å². The minimum absolute atomic E-state index is 0.0198. The van der Waals surface area contributed by atoms with Crippen molar-refractivity contribution in [3.63, 3.8) is 0 Å². The average molecular weight is 418 g/mol. The van der Waals surface area contributed by atoms with Gasteiger partial charge in [-0.2, -0.15) is 0 Å². The Morgan fingerprint density at radius 1 is 1.57 bits per heavy atom. The Bertz CT molecular complexity index is 668. The molecule has 0 saturated carbocycles. The highest BCUT2D eigenvalue weighted by Gasteiger charge is 2.20. The molecule has 112 valence electrons. The van der Waals surface area contributed by atoms with Gasteiger partial charge in [-0.3, -0.25) is 4.79 Å². The number of aliphatic carboxylic acids is 1. The molecule has 1 N–H and O–H groups in total. The van der Waals surface area contributed by atoms with E-state index in [4.69, 9.17) is 9.84 Å². The number of nitrogens with zero attached hydrogens (tertiary/aromatic N) is 2. The quantitative estimate of drug-likeness (QED) is 0.598. The highest BCUT2D eigenvalue weighted by molar-refractivity contribution is 14.1. The van der Waals surface area contributed by atoms with E-state index >= 15 is 0 Å². The van der Waals surface area contributed by atoms with Crippen molar-refractivity contribution in [1.29, 1.82) is 0 Å². The highest BCUT2D eigenvalue weighted by Crippen LogP contribution is 2.27. The molecule has 0 amide bonds. The van der Waals surface area contributed by atoms with Crippen LogP contribution in [0.2, 0.25) is 0 Å². The van der Waals surface area contributed by atoms with Gasteiger partial charge in [-0.1, -0.05) is 11.8 Å². The molecule has 1 saturated heterocycles. The van der Waals surface area contributed by atoms with Crippen LogP contribution in [0, 0.1) is 3.57 Å². The Balaban J connectivity index is 1.95. The van der Waals surface area contributed by atoms with Gasteiger partial charge in [0.25, 0.3) is 0 Å². The van der Waals surface area contributed by atoms with Gasteiger partial charge in [0.05, 0.1) is 29.4 Å². The number of fused-ring (bicyclic) bond motifs is 1. The van der Waals surface area contributed by atoms with Crippen molar-refractivity contribution in [2.75, 3.05) is 12.4 Å². The Morgan fingerprint density at radius 3 is 3.14 bits per heavy atom. The first-order valence-electron chi connectivity index (χ1n) is 6.75. The minimum Gasteiger partial charge on any atom is -0.481 e. The summed E-state index contributed by atoms with van der Waals surface area (Å²) < 4.78 is 8.92. The predicted octanol–water partition coefficient (Wildman–Crippen LogP) is 3.00. The van der Waals surface area contributed by atoms with Gasteiger partial charge < -0.3 is 14.4 Å². The molecule has 1 aromatic heterocycles. The van der Waals surface area contributed by atoms with E-state index in [1.54, 1.807) is 0 Å². The van der Waals surface area contributed by atoms with Crippen molar-refractivity contribution in [1.82, 2.24) is 9.55 Å². The predicted molar refractivity (Wildman–Crippen MR) is 89.8 cm³/mol. The average Bonchev–Trinajstić information content (AvgIpc) is 3.05. The summed E-state index contributed by atoms with van der Waals surface area (Å²) in [5.74, 6) is -0.809. The minimum atomic E-state index is -0.828. The van der Waals surface area contributed by atoms with Crippen LogP contribution < -0.4 is 0 Å². The number of carboxylic acids is 1. The molecule has 0 aliphatic carbocycles. The molecule has 2 aromatic rings. The lowest BCUT2D eigenvalue weighted by Crippen LogP contribution is -2.16. The molecule has 7 heteroatoms. The number of ether oxygens (including phenoxy) is 1. The number of benzene rings is 1. The van der Waals surface area contributed by atoms with Gasteiger partial charge in [0.15, 0.2) is 5.16 Å². The summed E-state index contributed by atoms with van der Waals surface area (Å²) in [6.07, 6.45) is 2.34. The molecule has 1 unspecified atom stereocenters. The van der Waals surface area contributed by atoms with E-state index in [1.165, 1.54) is 11.8 Å². The van der Waals surface area contributed by atoms with Gasteiger partial charge in [-0.15, -0.1) is 0 Å². The summed E-state index contributed by atoms with van der Waals surface area (Å²) in [4.78, 5) is 15.4. The molecule has 1 aliphatic rings. The van der Waals surface area contributed by atoms with Crippen molar-refractivity contribution in [3.05, 3.63) is 21.8 Å². The third-order valence-electron chi connectivity index (χ3n) is 3.41. The van der Waals surface area contributed by atoms with Gasteiger partial charge in [-0.25, -0.2) is 4.98 Å². The molecule has 21 heavy (non-hydrogen) atoms. The van der Waals surface area contributed by atoms with Crippen LogP contribution in [0.15, 0.2) is 23.4 Å². The monoisotopic (exact) mass is 418 g/mol. The molecule has 1 aromatic carbocycles. The molecular weight excluding hydrogens is 403 g/mol. The molecule has 0 bridgehead atoms. The van der Waals surface area contributed by atoms with Crippen LogP contribution in [0.3, 0.4) is 0 Å². The van der Waals surface area contributed by atoms with Crippen molar-refractivity contribution < 1.29 is 14.6 Å². The largest absolute Gasteiger partial charge is 0.481 e. The van der Waals surface area contributed by atoms with E-state index in [-0.39, 0.29) is 11.9 Å². The van der Waals surface area contributed by atoms with Crippen molar-refractivity contribution in [2.24, 2.45) is 0 Å². The summed E-state index contributed by atoms with van der Waals surface area (Å²) in [6.45, 7) is 1.55.